The molecule has 0 atom stereocenters. The van der Waals surface area contributed by atoms with Crippen molar-refractivity contribution >= 4 is 10.9 Å². The summed E-state index contributed by atoms with van der Waals surface area (Å²) in [5.41, 5.74) is 6.03. The maximum Gasteiger partial charge on any atom is 0.160 e. The molecule has 0 saturated heterocycles. The fourth-order valence-electron chi connectivity index (χ4n) is 3.94. The van der Waals surface area contributed by atoms with Crippen LogP contribution < -0.4 is 0 Å². The summed E-state index contributed by atoms with van der Waals surface area (Å²) in [6, 6.07) is 12.5. The zero-order valence-electron chi connectivity index (χ0n) is 15.3. The zero-order chi connectivity index (χ0) is 18.2. The first-order chi connectivity index (χ1) is 13.3. The summed E-state index contributed by atoms with van der Waals surface area (Å²) in [4.78, 5) is 16.0. The summed E-state index contributed by atoms with van der Waals surface area (Å²) in [7, 11) is 2.12. The number of para-hydroxylation sites is 1. The molecule has 1 aliphatic rings. The Morgan fingerprint density at radius 2 is 2.00 bits per heavy atom. The number of pyridine rings is 1. The minimum atomic E-state index is 0.768. The average molecular weight is 355 g/mol. The summed E-state index contributed by atoms with van der Waals surface area (Å²) >= 11 is 0. The second-order valence-corrected chi connectivity index (χ2v) is 7.15. The Labute approximate surface area is 158 Å². The smallest absolute Gasteiger partial charge is 0.160 e. The van der Waals surface area contributed by atoms with E-state index < -0.39 is 0 Å². The van der Waals surface area contributed by atoms with E-state index in [1.165, 1.54) is 22.0 Å². The van der Waals surface area contributed by atoms with Crippen LogP contribution in [-0.2, 0) is 26.6 Å². The first-order valence-electron chi connectivity index (χ1n) is 9.28. The second kappa shape index (κ2) is 6.59. The summed E-state index contributed by atoms with van der Waals surface area (Å²) in [5.74, 6) is 0.768. The van der Waals surface area contributed by atoms with E-state index in [4.69, 9.17) is 4.98 Å². The van der Waals surface area contributed by atoms with Gasteiger partial charge in [-0.2, -0.15) is 0 Å². The molecule has 0 N–H and O–H groups in total. The number of nitrogens with zero attached hydrogens (tertiary/aromatic N) is 5. The van der Waals surface area contributed by atoms with Crippen LogP contribution >= 0.6 is 0 Å². The molecule has 0 saturated carbocycles. The molecule has 3 aromatic heterocycles. The number of rotatable bonds is 3. The van der Waals surface area contributed by atoms with Gasteiger partial charge in [-0.1, -0.05) is 18.2 Å². The Hall–Kier alpha value is -3.05. The molecule has 1 aromatic carbocycles. The number of aromatic nitrogens is 4. The van der Waals surface area contributed by atoms with Crippen LogP contribution in [0.2, 0.25) is 0 Å². The highest BCUT2D eigenvalue weighted by molar-refractivity contribution is 5.83. The minimum absolute atomic E-state index is 0.768. The number of fused-ring (bicyclic) bond motifs is 2. The topological polar surface area (TPSA) is 46.8 Å². The van der Waals surface area contributed by atoms with Gasteiger partial charge in [0.15, 0.2) is 5.82 Å². The molecule has 0 bridgehead atoms. The van der Waals surface area contributed by atoms with Gasteiger partial charge >= 0.3 is 0 Å². The Morgan fingerprint density at radius 3 is 2.89 bits per heavy atom. The van der Waals surface area contributed by atoms with Crippen molar-refractivity contribution in [1.29, 1.82) is 0 Å². The van der Waals surface area contributed by atoms with Gasteiger partial charge in [-0.15, -0.1) is 0 Å². The summed E-state index contributed by atoms with van der Waals surface area (Å²) in [6.45, 7) is 2.86. The van der Waals surface area contributed by atoms with E-state index in [1.54, 1.807) is 6.20 Å². The lowest BCUT2D eigenvalue weighted by Gasteiger charge is -2.27. The third-order valence-corrected chi connectivity index (χ3v) is 5.31. The Bertz CT molecular complexity index is 1100. The highest BCUT2D eigenvalue weighted by atomic mass is 15.1. The predicted molar refractivity (Wildman–Crippen MR) is 106 cm³/mol. The lowest BCUT2D eigenvalue weighted by atomic mass is 10.1. The third kappa shape index (κ3) is 3.00. The first-order valence-corrected chi connectivity index (χ1v) is 9.28. The monoisotopic (exact) mass is 355 g/mol. The molecular weight excluding hydrogens is 334 g/mol. The van der Waals surface area contributed by atoms with E-state index in [1.807, 2.05) is 24.5 Å². The summed E-state index contributed by atoms with van der Waals surface area (Å²) in [5, 5.41) is 1.34. The van der Waals surface area contributed by atoms with E-state index in [0.717, 1.165) is 43.1 Å². The molecule has 4 aromatic rings. The molecule has 0 fully saturated rings. The van der Waals surface area contributed by atoms with Gasteiger partial charge < -0.3 is 4.57 Å². The normalized spacial score (nSPS) is 14.4. The lowest BCUT2D eigenvalue weighted by Crippen LogP contribution is -2.30. The van der Waals surface area contributed by atoms with Crippen LogP contribution in [0.4, 0.5) is 0 Å². The van der Waals surface area contributed by atoms with Crippen molar-refractivity contribution in [3.63, 3.8) is 0 Å². The molecule has 0 radical (unpaired) electrons. The summed E-state index contributed by atoms with van der Waals surface area (Å²) < 4.78 is 2.21. The van der Waals surface area contributed by atoms with Crippen molar-refractivity contribution < 1.29 is 0 Å². The van der Waals surface area contributed by atoms with E-state index in [-0.39, 0.29) is 0 Å². The molecule has 4 heterocycles. The van der Waals surface area contributed by atoms with Crippen LogP contribution in [0.1, 0.15) is 16.8 Å². The molecule has 0 spiro atoms. The molecule has 0 amide bonds. The van der Waals surface area contributed by atoms with Crippen molar-refractivity contribution in [3.8, 4) is 11.4 Å². The van der Waals surface area contributed by atoms with Gasteiger partial charge in [0, 0.05) is 79.9 Å². The van der Waals surface area contributed by atoms with E-state index in [0.29, 0.717) is 0 Å². The molecule has 27 heavy (non-hydrogen) atoms. The fraction of sp³-hybridized carbons (Fsp3) is 0.227. The number of hydrogen-bond acceptors (Lipinski definition) is 4. The van der Waals surface area contributed by atoms with Crippen molar-refractivity contribution in [2.45, 2.75) is 19.5 Å². The molecular formula is C22H21N5. The van der Waals surface area contributed by atoms with Gasteiger partial charge in [-0.05, 0) is 23.8 Å². The second-order valence-electron chi connectivity index (χ2n) is 7.15. The van der Waals surface area contributed by atoms with Gasteiger partial charge in [0.05, 0.1) is 5.69 Å². The number of benzene rings is 1. The van der Waals surface area contributed by atoms with Crippen LogP contribution in [0.15, 0.2) is 61.2 Å². The molecule has 5 heteroatoms. The van der Waals surface area contributed by atoms with Crippen LogP contribution in [0.5, 0.6) is 0 Å². The van der Waals surface area contributed by atoms with Gasteiger partial charge in [-0.3, -0.25) is 9.88 Å². The molecule has 134 valence electrons. The molecule has 0 unspecified atom stereocenters. The van der Waals surface area contributed by atoms with Gasteiger partial charge in [0.25, 0.3) is 0 Å². The Balaban J connectivity index is 1.38. The molecule has 0 aliphatic carbocycles. The van der Waals surface area contributed by atoms with Gasteiger partial charge in [-0.25, -0.2) is 9.97 Å². The van der Waals surface area contributed by atoms with Crippen LogP contribution in [0.3, 0.4) is 0 Å². The van der Waals surface area contributed by atoms with Crippen molar-refractivity contribution in [2.24, 2.45) is 7.05 Å². The largest absolute Gasteiger partial charge is 0.350 e. The van der Waals surface area contributed by atoms with Crippen molar-refractivity contribution in [1.82, 2.24) is 24.4 Å². The predicted octanol–water partition coefficient (Wildman–Crippen LogP) is 3.59. The van der Waals surface area contributed by atoms with E-state index >= 15 is 0 Å². The van der Waals surface area contributed by atoms with Crippen molar-refractivity contribution in [2.75, 3.05) is 6.54 Å². The SMILES string of the molecule is Cn1cc(CN2CCc3nc(-c4cccnc4)ncc3C2)c2ccccc21. The van der Waals surface area contributed by atoms with Gasteiger partial charge in [0.1, 0.15) is 0 Å². The third-order valence-electron chi connectivity index (χ3n) is 5.31. The maximum atomic E-state index is 4.80. The summed E-state index contributed by atoms with van der Waals surface area (Å²) in [6.07, 6.45) is 8.78. The Morgan fingerprint density at radius 1 is 1.07 bits per heavy atom. The highest BCUT2D eigenvalue weighted by Crippen LogP contribution is 2.25. The Kier molecular flexibility index (Phi) is 3.94. The lowest BCUT2D eigenvalue weighted by molar-refractivity contribution is 0.243. The first kappa shape index (κ1) is 16.1. The minimum Gasteiger partial charge on any atom is -0.350 e. The molecule has 5 rings (SSSR count). The van der Waals surface area contributed by atoms with Crippen molar-refractivity contribution in [3.05, 3.63) is 78.0 Å². The number of hydrogen-bond donors (Lipinski definition) is 0. The van der Waals surface area contributed by atoms with Crippen LogP contribution in [0, 0.1) is 0 Å². The van der Waals surface area contributed by atoms with Crippen LogP contribution in [0.25, 0.3) is 22.3 Å². The van der Waals surface area contributed by atoms with E-state index in [2.05, 4.69) is 56.9 Å². The van der Waals surface area contributed by atoms with E-state index in [9.17, 15) is 0 Å². The number of aryl methyl sites for hydroxylation is 1. The quantitative estimate of drug-likeness (QED) is 0.563. The van der Waals surface area contributed by atoms with Gasteiger partial charge in [0.2, 0.25) is 0 Å². The average Bonchev–Trinajstić information content (AvgIpc) is 3.04. The van der Waals surface area contributed by atoms with Crippen LogP contribution in [-0.4, -0.2) is 31.0 Å². The molecule has 1 aliphatic heterocycles. The zero-order valence-corrected chi connectivity index (χ0v) is 15.3. The fourth-order valence-corrected chi connectivity index (χ4v) is 3.94. The maximum absolute atomic E-state index is 4.80. The highest BCUT2D eigenvalue weighted by Gasteiger charge is 2.20. The molecule has 5 nitrogen and oxygen atoms in total. The standard InChI is InChI=1S/C22H21N5/c1-26-13-18(19-6-2-3-7-21(19)26)15-27-10-8-20-17(14-27)12-24-22(25-20)16-5-4-9-23-11-16/h2-7,9,11-13H,8,10,14-15H2,1H3.